The summed E-state index contributed by atoms with van der Waals surface area (Å²) in [6.07, 6.45) is 2.30. The van der Waals surface area contributed by atoms with Crippen molar-refractivity contribution in [3.05, 3.63) is 56.9 Å². The number of benzene rings is 1. The molecule has 2 N–H and O–H groups in total. The third-order valence-electron chi connectivity index (χ3n) is 5.76. The molecule has 0 spiro atoms. The molecule has 0 saturated carbocycles. The first-order valence-electron chi connectivity index (χ1n) is 10.9. The molecule has 0 radical (unpaired) electrons. The molecule has 2 aliphatic rings. The number of amides is 2. The average Bonchev–Trinajstić information content (AvgIpc) is 3.15. The summed E-state index contributed by atoms with van der Waals surface area (Å²) >= 11 is 3.39. The van der Waals surface area contributed by atoms with Crippen LogP contribution in [0.3, 0.4) is 0 Å². The molecule has 9 heteroatoms. The van der Waals surface area contributed by atoms with Gasteiger partial charge in [0.05, 0.1) is 24.5 Å². The van der Waals surface area contributed by atoms with Gasteiger partial charge in [0.15, 0.2) is 5.76 Å². The minimum Gasteiger partial charge on any atom is -0.455 e. The van der Waals surface area contributed by atoms with Crippen molar-refractivity contribution in [3.8, 4) is 0 Å². The van der Waals surface area contributed by atoms with Crippen molar-refractivity contribution in [3.63, 3.8) is 0 Å². The molecule has 2 heterocycles. The summed E-state index contributed by atoms with van der Waals surface area (Å²) in [4.78, 5) is 27.5. The Balaban J connectivity index is 1.43. The van der Waals surface area contributed by atoms with Crippen LogP contribution in [0.15, 0.2) is 38.3 Å². The zero-order valence-electron chi connectivity index (χ0n) is 18.1. The predicted octanol–water partition coefficient (Wildman–Crippen LogP) is 2.88. The smallest absolute Gasteiger partial charge is 0.287 e. The summed E-state index contributed by atoms with van der Waals surface area (Å²) in [6.45, 7) is 6.43. The number of carbonyl (C=O) groups is 2. The van der Waals surface area contributed by atoms with E-state index in [9.17, 15) is 9.59 Å². The molecule has 1 aromatic carbocycles. The highest BCUT2D eigenvalue weighted by molar-refractivity contribution is 9.10. The second-order valence-electron chi connectivity index (χ2n) is 7.90. The van der Waals surface area contributed by atoms with E-state index in [1.54, 1.807) is 12.1 Å². The van der Waals surface area contributed by atoms with Gasteiger partial charge in [-0.2, -0.15) is 5.10 Å². The Morgan fingerprint density at radius 2 is 1.94 bits per heavy atom. The molecule has 0 atom stereocenters. The van der Waals surface area contributed by atoms with Crippen LogP contribution in [0.2, 0.25) is 0 Å². The highest BCUT2D eigenvalue weighted by Gasteiger charge is 2.28. The van der Waals surface area contributed by atoms with Crippen LogP contribution in [0.25, 0.3) is 0 Å². The monoisotopic (exact) mass is 502 g/mol. The lowest BCUT2D eigenvalue weighted by molar-refractivity contribution is 0.0382. The fraction of sp³-hybridized carbons (Fsp3) is 0.435. The van der Waals surface area contributed by atoms with Crippen molar-refractivity contribution in [1.29, 1.82) is 0 Å². The van der Waals surface area contributed by atoms with Gasteiger partial charge in [-0.15, -0.1) is 0 Å². The van der Waals surface area contributed by atoms with Gasteiger partial charge >= 0.3 is 0 Å². The van der Waals surface area contributed by atoms with Gasteiger partial charge in [0.25, 0.3) is 11.8 Å². The number of rotatable bonds is 6. The third kappa shape index (κ3) is 5.11. The number of hydrogen-bond donors (Lipinski definition) is 2. The van der Waals surface area contributed by atoms with Gasteiger partial charge in [-0.05, 0) is 47.8 Å². The SMILES string of the molecule is Cc1c(C(=O)NCCN2CCOCC2)oc2c1/C(=N/NC(=O)c1ccccc1Br)CCC2. The Labute approximate surface area is 195 Å². The van der Waals surface area contributed by atoms with Gasteiger partial charge in [0.1, 0.15) is 5.76 Å². The number of ether oxygens (including phenoxy) is 1. The van der Waals surface area contributed by atoms with Gasteiger partial charge in [0, 0.05) is 48.2 Å². The highest BCUT2D eigenvalue weighted by Crippen LogP contribution is 2.30. The van der Waals surface area contributed by atoms with Crippen LogP contribution < -0.4 is 10.7 Å². The maximum absolute atomic E-state index is 12.8. The molecule has 1 aliphatic heterocycles. The number of nitrogens with one attached hydrogen (secondary N) is 2. The summed E-state index contributed by atoms with van der Waals surface area (Å²) in [5, 5.41) is 7.34. The topological polar surface area (TPSA) is 96.2 Å². The zero-order chi connectivity index (χ0) is 22.5. The van der Waals surface area contributed by atoms with E-state index in [1.807, 2.05) is 19.1 Å². The minimum atomic E-state index is -0.292. The van der Waals surface area contributed by atoms with E-state index in [1.165, 1.54) is 0 Å². The number of fused-ring (bicyclic) bond motifs is 1. The van der Waals surface area contributed by atoms with Crippen LogP contribution in [-0.4, -0.2) is 61.8 Å². The Morgan fingerprint density at radius 1 is 1.16 bits per heavy atom. The molecule has 0 bridgehead atoms. The zero-order valence-corrected chi connectivity index (χ0v) is 19.7. The number of halogens is 1. The first-order chi connectivity index (χ1) is 15.5. The van der Waals surface area contributed by atoms with Crippen molar-refractivity contribution < 1.29 is 18.7 Å². The summed E-state index contributed by atoms with van der Waals surface area (Å²) in [7, 11) is 0. The molecular weight excluding hydrogens is 476 g/mol. The van der Waals surface area contributed by atoms with E-state index in [0.29, 0.717) is 28.8 Å². The largest absolute Gasteiger partial charge is 0.455 e. The molecular formula is C23H27BrN4O4. The van der Waals surface area contributed by atoms with Crippen LogP contribution in [0.1, 0.15) is 50.6 Å². The van der Waals surface area contributed by atoms with Crippen LogP contribution in [0.5, 0.6) is 0 Å². The van der Waals surface area contributed by atoms with E-state index in [2.05, 4.69) is 36.7 Å². The van der Waals surface area contributed by atoms with E-state index in [-0.39, 0.29) is 11.8 Å². The van der Waals surface area contributed by atoms with Gasteiger partial charge in [-0.3, -0.25) is 14.5 Å². The third-order valence-corrected chi connectivity index (χ3v) is 6.45. The van der Waals surface area contributed by atoms with Crippen molar-refractivity contribution in [2.24, 2.45) is 5.10 Å². The lowest BCUT2D eigenvalue weighted by Gasteiger charge is -2.26. The van der Waals surface area contributed by atoms with Crippen molar-refractivity contribution in [1.82, 2.24) is 15.6 Å². The van der Waals surface area contributed by atoms with Crippen molar-refractivity contribution >= 4 is 33.5 Å². The molecule has 1 fully saturated rings. The second kappa shape index (κ2) is 10.4. The molecule has 0 unspecified atom stereocenters. The number of hydrazone groups is 1. The van der Waals surface area contributed by atoms with Crippen molar-refractivity contribution in [2.75, 3.05) is 39.4 Å². The molecule has 1 aromatic heterocycles. The molecule has 32 heavy (non-hydrogen) atoms. The number of carbonyl (C=O) groups excluding carboxylic acids is 2. The normalized spacial score (nSPS) is 17.8. The molecule has 1 aliphatic carbocycles. The van der Waals surface area contributed by atoms with Crippen LogP contribution in [0, 0.1) is 6.92 Å². The number of morpholine rings is 1. The number of hydrogen-bond acceptors (Lipinski definition) is 6. The van der Waals surface area contributed by atoms with E-state index >= 15 is 0 Å². The van der Waals surface area contributed by atoms with E-state index in [4.69, 9.17) is 9.15 Å². The Morgan fingerprint density at radius 3 is 2.72 bits per heavy atom. The summed E-state index contributed by atoms with van der Waals surface area (Å²) < 4.78 is 12.0. The number of aryl methyl sites for hydroxylation is 1. The minimum absolute atomic E-state index is 0.221. The Bertz CT molecular complexity index is 1030. The molecule has 2 aromatic rings. The molecule has 8 nitrogen and oxygen atoms in total. The lowest BCUT2D eigenvalue weighted by atomic mass is 9.93. The first kappa shape index (κ1) is 22.7. The molecule has 170 valence electrons. The summed E-state index contributed by atoms with van der Waals surface area (Å²) in [5.74, 6) is 0.561. The Hall–Kier alpha value is -2.49. The maximum Gasteiger partial charge on any atom is 0.287 e. The fourth-order valence-electron chi connectivity index (χ4n) is 4.05. The van der Waals surface area contributed by atoms with Gasteiger partial charge < -0.3 is 14.5 Å². The predicted molar refractivity (Wildman–Crippen MR) is 124 cm³/mol. The van der Waals surface area contributed by atoms with Crippen LogP contribution in [-0.2, 0) is 11.2 Å². The summed E-state index contributed by atoms with van der Waals surface area (Å²) in [6, 6.07) is 7.19. The second-order valence-corrected chi connectivity index (χ2v) is 8.75. The quantitative estimate of drug-likeness (QED) is 0.592. The molecule has 4 rings (SSSR count). The number of furan rings is 1. The molecule has 2 amide bonds. The fourth-order valence-corrected chi connectivity index (χ4v) is 4.52. The first-order valence-corrected chi connectivity index (χ1v) is 11.7. The average molecular weight is 503 g/mol. The standard InChI is InChI=1S/C23H27BrN4O4/c1-15-20-18(26-27-22(29)16-5-2-3-6-17(16)24)7-4-8-19(20)32-21(15)23(30)25-9-10-28-11-13-31-14-12-28/h2-3,5-6H,4,7-14H2,1H3,(H,25,30)(H,27,29)/b26-18+. The molecule has 1 saturated heterocycles. The van der Waals surface area contributed by atoms with E-state index in [0.717, 1.165) is 68.3 Å². The maximum atomic E-state index is 12.8. The van der Waals surface area contributed by atoms with Gasteiger partial charge in [0.2, 0.25) is 0 Å². The Kier molecular flexibility index (Phi) is 7.39. The van der Waals surface area contributed by atoms with Crippen LogP contribution in [0.4, 0.5) is 0 Å². The van der Waals surface area contributed by atoms with Gasteiger partial charge in [-0.1, -0.05) is 12.1 Å². The van der Waals surface area contributed by atoms with Crippen molar-refractivity contribution in [2.45, 2.75) is 26.2 Å². The number of nitrogens with zero attached hydrogens (tertiary/aromatic N) is 2. The highest BCUT2D eigenvalue weighted by atomic mass is 79.9. The van der Waals surface area contributed by atoms with Gasteiger partial charge in [-0.25, -0.2) is 5.43 Å². The van der Waals surface area contributed by atoms with Crippen LogP contribution >= 0.6 is 15.9 Å². The summed E-state index contributed by atoms with van der Waals surface area (Å²) in [5.41, 5.74) is 5.49. The lowest BCUT2D eigenvalue weighted by Crippen LogP contribution is -2.41. The van der Waals surface area contributed by atoms with E-state index < -0.39 is 0 Å².